The average molecular weight is 436 g/mol. The first-order valence-corrected chi connectivity index (χ1v) is 8.26. The third-order valence-electron chi connectivity index (χ3n) is 3.42. The monoisotopic (exact) mass is 434 g/mol. The SMILES string of the molecule is CC(C)(C)c1ccc(Br)c(-c2cc(C(F)(F)F)ccc2Br)c1. The molecule has 0 unspecified atom stereocenters. The lowest BCUT2D eigenvalue weighted by Gasteiger charge is -2.21. The van der Waals surface area contributed by atoms with E-state index in [1.54, 1.807) is 0 Å². The van der Waals surface area contributed by atoms with Crippen molar-refractivity contribution in [1.82, 2.24) is 0 Å². The normalized spacial score (nSPS) is 12.5. The fourth-order valence-corrected chi connectivity index (χ4v) is 3.03. The highest BCUT2D eigenvalue weighted by Crippen LogP contribution is 2.40. The zero-order valence-electron chi connectivity index (χ0n) is 12.4. The van der Waals surface area contributed by atoms with Crippen molar-refractivity contribution in [2.75, 3.05) is 0 Å². The van der Waals surface area contributed by atoms with Crippen LogP contribution in [0.4, 0.5) is 13.2 Å². The van der Waals surface area contributed by atoms with Crippen LogP contribution in [0, 0.1) is 0 Å². The Balaban J connectivity index is 2.66. The van der Waals surface area contributed by atoms with Crippen molar-refractivity contribution in [2.45, 2.75) is 32.4 Å². The Morgan fingerprint density at radius 2 is 1.14 bits per heavy atom. The third-order valence-corrected chi connectivity index (χ3v) is 4.80. The van der Waals surface area contributed by atoms with Gasteiger partial charge in [-0.25, -0.2) is 0 Å². The molecular formula is C17H15Br2F3. The molecule has 0 nitrogen and oxygen atoms in total. The van der Waals surface area contributed by atoms with Crippen LogP contribution in [-0.2, 0) is 11.6 Å². The predicted octanol–water partition coefficient (Wildman–Crippen LogP) is 7.19. The van der Waals surface area contributed by atoms with Crippen LogP contribution in [0.1, 0.15) is 31.9 Å². The Labute approximate surface area is 145 Å². The fraction of sp³-hybridized carbons (Fsp3) is 0.294. The van der Waals surface area contributed by atoms with Crippen LogP contribution in [0.15, 0.2) is 45.3 Å². The largest absolute Gasteiger partial charge is 0.416 e. The van der Waals surface area contributed by atoms with Crippen LogP contribution in [0.25, 0.3) is 11.1 Å². The van der Waals surface area contributed by atoms with Gasteiger partial charge < -0.3 is 0 Å². The molecule has 0 bridgehead atoms. The second kappa shape index (κ2) is 6.00. The Kier molecular flexibility index (Phi) is 4.79. The summed E-state index contributed by atoms with van der Waals surface area (Å²) in [6.07, 6.45) is -4.36. The molecule has 22 heavy (non-hydrogen) atoms. The highest BCUT2D eigenvalue weighted by atomic mass is 79.9. The molecule has 2 rings (SSSR count). The van der Waals surface area contributed by atoms with Gasteiger partial charge in [0, 0.05) is 8.95 Å². The van der Waals surface area contributed by atoms with Gasteiger partial charge in [-0.2, -0.15) is 13.2 Å². The molecule has 118 valence electrons. The highest BCUT2D eigenvalue weighted by Gasteiger charge is 2.31. The van der Waals surface area contributed by atoms with Crippen molar-refractivity contribution in [2.24, 2.45) is 0 Å². The first-order valence-electron chi connectivity index (χ1n) is 6.67. The van der Waals surface area contributed by atoms with Gasteiger partial charge in [-0.15, -0.1) is 0 Å². The van der Waals surface area contributed by atoms with E-state index in [0.29, 0.717) is 10.0 Å². The molecule has 0 heterocycles. The quantitative estimate of drug-likeness (QED) is 0.444. The van der Waals surface area contributed by atoms with Gasteiger partial charge in [0.25, 0.3) is 0 Å². The number of alkyl halides is 3. The smallest absolute Gasteiger partial charge is 0.166 e. The predicted molar refractivity (Wildman–Crippen MR) is 91.0 cm³/mol. The molecule has 0 atom stereocenters. The zero-order valence-corrected chi connectivity index (χ0v) is 15.5. The maximum atomic E-state index is 13.0. The van der Waals surface area contributed by atoms with Crippen molar-refractivity contribution in [1.29, 1.82) is 0 Å². The molecular weight excluding hydrogens is 421 g/mol. The van der Waals surface area contributed by atoms with E-state index in [4.69, 9.17) is 0 Å². The summed E-state index contributed by atoms with van der Waals surface area (Å²) in [4.78, 5) is 0. The number of hydrogen-bond acceptors (Lipinski definition) is 0. The van der Waals surface area contributed by atoms with Gasteiger partial charge in [0.2, 0.25) is 0 Å². The summed E-state index contributed by atoms with van der Waals surface area (Å²) in [5.41, 5.74) is 1.59. The molecule has 0 radical (unpaired) electrons. The summed E-state index contributed by atoms with van der Waals surface area (Å²) < 4.78 is 40.3. The Hall–Kier alpha value is -0.810. The molecule has 0 saturated carbocycles. The van der Waals surface area contributed by atoms with Gasteiger partial charge in [-0.05, 0) is 52.4 Å². The minimum absolute atomic E-state index is 0.0798. The van der Waals surface area contributed by atoms with Crippen molar-refractivity contribution in [3.05, 3.63) is 56.5 Å². The molecule has 0 aromatic heterocycles. The maximum Gasteiger partial charge on any atom is 0.416 e. The zero-order chi connectivity index (χ0) is 16.7. The van der Waals surface area contributed by atoms with E-state index >= 15 is 0 Å². The lowest BCUT2D eigenvalue weighted by Crippen LogP contribution is -2.11. The third kappa shape index (κ3) is 3.74. The van der Waals surface area contributed by atoms with Crippen LogP contribution in [0.3, 0.4) is 0 Å². The topological polar surface area (TPSA) is 0 Å². The summed E-state index contributed by atoms with van der Waals surface area (Å²) in [5, 5.41) is 0. The van der Waals surface area contributed by atoms with Crippen molar-refractivity contribution >= 4 is 31.9 Å². The number of halogens is 5. The minimum atomic E-state index is -4.36. The van der Waals surface area contributed by atoms with E-state index in [-0.39, 0.29) is 5.41 Å². The van der Waals surface area contributed by atoms with E-state index in [0.717, 1.165) is 21.7 Å². The highest BCUT2D eigenvalue weighted by molar-refractivity contribution is 9.11. The summed E-state index contributed by atoms with van der Waals surface area (Å²) >= 11 is 6.80. The minimum Gasteiger partial charge on any atom is -0.166 e. The van der Waals surface area contributed by atoms with Gasteiger partial charge >= 0.3 is 6.18 Å². The lowest BCUT2D eigenvalue weighted by molar-refractivity contribution is -0.137. The van der Waals surface area contributed by atoms with Crippen molar-refractivity contribution in [3.63, 3.8) is 0 Å². The Morgan fingerprint density at radius 1 is 0.727 bits per heavy atom. The van der Waals surface area contributed by atoms with Crippen molar-refractivity contribution < 1.29 is 13.2 Å². The second-order valence-corrected chi connectivity index (χ2v) is 7.85. The number of benzene rings is 2. The Bertz CT molecular complexity index is 637. The van der Waals surface area contributed by atoms with E-state index in [9.17, 15) is 13.2 Å². The molecule has 0 aliphatic rings. The molecule has 0 aliphatic carbocycles. The van der Waals surface area contributed by atoms with Crippen LogP contribution < -0.4 is 0 Å². The van der Waals surface area contributed by atoms with E-state index in [1.165, 1.54) is 12.1 Å². The second-order valence-electron chi connectivity index (χ2n) is 6.14. The molecule has 0 saturated heterocycles. The van der Waals surface area contributed by atoms with Gasteiger partial charge in [-0.1, -0.05) is 58.7 Å². The Morgan fingerprint density at radius 3 is 1.55 bits per heavy atom. The lowest BCUT2D eigenvalue weighted by atomic mass is 9.85. The maximum absolute atomic E-state index is 13.0. The first-order chi connectivity index (χ1) is 10.00. The molecule has 2 aromatic carbocycles. The van der Waals surface area contributed by atoms with Crippen LogP contribution in [-0.4, -0.2) is 0 Å². The molecule has 5 heteroatoms. The van der Waals surface area contributed by atoms with Crippen LogP contribution in [0.2, 0.25) is 0 Å². The summed E-state index contributed by atoms with van der Waals surface area (Å²) in [6.45, 7) is 6.21. The first kappa shape index (κ1) is 17.5. The molecule has 2 aromatic rings. The van der Waals surface area contributed by atoms with Gasteiger partial charge in [-0.3, -0.25) is 0 Å². The van der Waals surface area contributed by atoms with Crippen LogP contribution in [0.5, 0.6) is 0 Å². The van der Waals surface area contributed by atoms with Crippen LogP contribution >= 0.6 is 31.9 Å². The number of rotatable bonds is 1. The van der Waals surface area contributed by atoms with Gasteiger partial charge in [0.05, 0.1) is 5.56 Å². The summed E-state index contributed by atoms with van der Waals surface area (Å²) in [6, 6.07) is 9.49. The van der Waals surface area contributed by atoms with E-state index in [1.807, 2.05) is 18.2 Å². The average Bonchev–Trinajstić information content (AvgIpc) is 2.37. The van der Waals surface area contributed by atoms with Crippen molar-refractivity contribution in [3.8, 4) is 11.1 Å². The summed E-state index contributed by atoms with van der Waals surface area (Å²) in [5.74, 6) is 0. The molecule has 0 spiro atoms. The standard InChI is InChI=1S/C17H15Br2F3/c1-16(2,3)10-4-6-14(18)12(8-10)13-9-11(17(20,21)22)5-7-15(13)19/h4-9H,1-3H3. The molecule has 0 amide bonds. The molecule has 0 N–H and O–H groups in total. The van der Waals surface area contributed by atoms with E-state index < -0.39 is 11.7 Å². The number of hydrogen-bond donors (Lipinski definition) is 0. The molecule has 0 fully saturated rings. The van der Waals surface area contributed by atoms with Gasteiger partial charge in [0.1, 0.15) is 0 Å². The molecule has 0 aliphatic heterocycles. The summed E-state index contributed by atoms with van der Waals surface area (Å²) in [7, 11) is 0. The van der Waals surface area contributed by atoms with E-state index in [2.05, 4.69) is 52.6 Å². The fourth-order valence-electron chi connectivity index (χ4n) is 2.11. The van der Waals surface area contributed by atoms with Gasteiger partial charge in [0.15, 0.2) is 0 Å².